The summed E-state index contributed by atoms with van der Waals surface area (Å²) in [6.45, 7) is 5.46. The van der Waals surface area contributed by atoms with E-state index in [0.29, 0.717) is 5.75 Å². The van der Waals surface area contributed by atoms with Crippen LogP contribution in [0.25, 0.3) is 0 Å². The monoisotopic (exact) mass is 282 g/mol. The van der Waals surface area contributed by atoms with Crippen molar-refractivity contribution < 1.29 is 14.6 Å². The Morgan fingerprint density at radius 2 is 1.68 bits per heavy atom. The summed E-state index contributed by atoms with van der Waals surface area (Å²) in [4.78, 5) is 0. The zero-order chi connectivity index (χ0) is 13.9. The molecule has 0 saturated heterocycles. The van der Waals surface area contributed by atoms with E-state index >= 15 is 0 Å². The first-order valence-electron chi connectivity index (χ1n) is 7.27. The molecule has 19 heavy (non-hydrogen) atoms. The van der Waals surface area contributed by atoms with Crippen molar-refractivity contribution in [1.29, 1.82) is 0 Å². The van der Waals surface area contributed by atoms with Crippen LogP contribution in [0.5, 0.6) is 5.75 Å². The third-order valence-electron chi connectivity index (χ3n) is 3.05. The van der Waals surface area contributed by atoms with Crippen molar-refractivity contribution in [3.8, 4) is 5.75 Å². The molecule has 0 unspecified atom stereocenters. The molecule has 0 aliphatic carbocycles. The molecule has 0 amide bonds. The summed E-state index contributed by atoms with van der Waals surface area (Å²) in [5.74, 6) is 0.345. The highest BCUT2D eigenvalue weighted by atomic mass is 28.2. The number of rotatable bonds is 10. The topological polar surface area (TPSA) is 38.7 Å². The highest BCUT2D eigenvalue weighted by Gasteiger charge is 2.07. The smallest absolute Gasteiger partial charge is 0.157 e. The van der Waals surface area contributed by atoms with Gasteiger partial charge in [-0.3, -0.25) is 0 Å². The van der Waals surface area contributed by atoms with Gasteiger partial charge < -0.3 is 14.6 Å². The van der Waals surface area contributed by atoms with Crippen LogP contribution in [-0.4, -0.2) is 34.1 Å². The number of hydrogen-bond acceptors (Lipinski definition) is 3. The average molecular weight is 282 g/mol. The van der Waals surface area contributed by atoms with E-state index in [1.165, 1.54) is 17.7 Å². The lowest BCUT2D eigenvalue weighted by Gasteiger charge is -2.16. The van der Waals surface area contributed by atoms with E-state index in [0.717, 1.165) is 26.1 Å². The molecule has 1 rings (SSSR count). The van der Waals surface area contributed by atoms with E-state index in [1.54, 1.807) is 12.1 Å². The Labute approximate surface area is 118 Å². The summed E-state index contributed by atoms with van der Waals surface area (Å²) >= 11 is 0. The van der Waals surface area contributed by atoms with Gasteiger partial charge in [-0.2, -0.15) is 0 Å². The molecule has 0 radical (unpaired) electrons. The quantitative estimate of drug-likeness (QED) is 0.407. The van der Waals surface area contributed by atoms with Gasteiger partial charge in [0.1, 0.15) is 5.75 Å². The van der Waals surface area contributed by atoms with Crippen LogP contribution in [0.3, 0.4) is 0 Å². The van der Waals surface area contributed by atoms with Gasteiger partial charge in [0.25, 0.3) is 0 Å². The summed E-state index contributed by atoms with van der Waals surface area (Å²) in [5, 5.41) is 9.21. The van der Waals surface area contributed by atoms with Crippen molar-refractivity contribution in [3.63, 3.8) is 0 Å². The molecular weight excluding hydrogens is 256 g/mol. The van der Waals surface area contributed by atoms with Crippen molar-refractivity contribution in [1.82, 2.24) is 0 Å². The molecule has 1 aromatic rings. The van der Waals surface area contributed by atoms with E-state index in [2.05, 4.69) is 0 Å². The standard InChI is InChI=1S/C15H26O3Si/c1-3-17-15(18-4-2)10-12-19-11-9-13-5-7-14(16)8-6-13/h5-8,15-16H,3-4,9-12,19H2,1-2H3. The van der Waals surface area contributed by atoms with Crippen LogP contribution in [0.1, 0.15) is 25.8 Å². The van der Waals surface area contributed by atoms with Gasteiger partial charge in [0, 0.05) is 22.7 Å². The number of hydrogen-bond donors (Lipinski definition) is 1. The maximum Gasteiger partial charge on any atom is 0.157 e. The second kappa shape index (κ2) is 10.0. The summed E-state index contributed by atoms with van der Waals surface area (Å²) in [7, 11) is -0.0414. The number of ether oxygens (including phenoxy) is 2. The Kier molecular flexibility index (Phi) is 8.54. The van der Waals surface area contributed by atoms with Gasteiger partial charge in [-0.05, 0) is 44.4 Å². The van der Waals surface area contributed by atoms with E-state index in [9.17, 15) is 5.11 Å². The molecule has 0 bridgehead atoms. The maximum atomic E-state index is 9.21. The van der Waals surface area contributed by atoms with Gasteiger partial charge >= 0.3 is 0 Å². The third-order valence-corrected chi connectivity index (χ3v) is 4.81. The minimum atomic E-state index is -0.0414. The van der Waals surface area contributed by atoms with Gasteiger partial charge in [0.15, 0.2) is 6.29 Å². The van der Waals surface area contributed by atoms with Crippen molar-refractivity contribution in [3.05, 3.63) is 29.8 Å². The minimum absolute atomic E-state index is 0.00354. The first-order chi connectivity index (χ1) is 9.26. The Bertz CT molecular complexity index is 321. The molecule has 0 heterocycles. The van der Waals surface area contributed by atoms with Crippen molar-refractivity contribution in [2.45, 2.75) is 45.1 Å². The normalized spacial score (nSPS) is 11.7. The van der Waals surface area contributed by atoms with Gasteiger partial charge in [0.05, 0.1) is 0 Å². The molecule has 4 heteroatoms. The molecule has 0 fully saturated rings. The van der Waals surface area contributed by atoms with E-state index in [-0.39, 0.29) is 15.8 Å². The highest BCUT2D eigenvalue weighted by molar-refractivity contribution is 6.35. The van der Waals surface area contributed by atoms with Crippen molar-refractivity contribution >= 4 is 9.52 Å². The number of phenolic OH excluding ortho intramolecular Hbond substituents is 1. The van der Waals surface area contributed by atoms with Crippen LogP contribution in [0.2, 0.25) is 12.1 Å². The molecule has 1 N–H and O–H groups in total. The average Bonchev–Trinajstić information content (AvgIpc) is 2.41. The molecular formula is C15H26O3Si. The second-order valence-corrected chi connectivity index (χ2v) is 6.73. The Morgan fingerprint density at radius 1 is 1.05 bits per heavy atom. The van der Waals surface area contributed by atoms with Crippen LogP contribution in [-0.2, 0) is 15.9 Å². The van der Waals surface area contributed by atoms with Crippen LogP contribution >= 0.6 is 0 Å². The molecule has 3 nitrogen and oxygen atoms in total. The first kappa shape index (κ1) is 16.2. The fourth-order valence-electron chi connectivity index (χ4n) is 2.07. The molecule has 0 atom stereocenters. The predicted molar refractivity (Wildman–Crippen MR) is 81.6 cm³/mol. The summed E-state index contributed by atoms with van der Waals surface area (Å²) in [6, 6.07) is 10.1. The third kappa shape index (κ3) is 7.35. The molecule has 1 aromatic carbocycles. The SMILES string of the molecule is CCOC(CC[SiH2]CCc1ccc(O)cc1)OCC. The number of benzene rings is 1. The van der Waals surface area contributed by atoms with Crippen LogP contribution in [0.4, 0.5) is 0 Å². The van der Waals surface area contributed by atoms with Crippen molar-refractivity contribution in [2.75, 3.05) is 13.2 Å². The van der Waals surface area contributed by atoms with Gasteiger partial charge in [0.2, 0.25) is 0 Å². The minimum Gasteiger partial charge on any atom is -0.508 e. The van der Waals surface area contributed by atoms with Crippen LogP contribution in [0.15, 0.2) is 24.3 Å². The largest absolute Gasteiger partial charge is 0.508 e. The number of aromatic hydroxyl groups is 1. The Balaban J connectivity index is 2.11. The number of phenols is 1. The fourth-order valence-corrected chi connectivity index (χ4v) is 3.70. The van der Waals surface area contributed by atoms with E-state index < -0.39 is 0 Å². The Morgan fingerprint density at radius 3 is 2.26 bits per heavy atom. The van der Waals surface area contributed by atoms with Crippen LogP contribution in [0, 0.1) is 0 Å². The Hall–Kier alpha value is -0.843. The maximum absolute atomic E-state index is 9.21. The lowest BCUT2D eigenvalue weighted by atomic mass is 10.2. The molecule has 0 aliphatic rings. The van der Waals surface area contributed by atoms with E-state index in [4.69, 9.17) is 9.47 Å². The van der Waals surface area contributed by atoms with E-state index in [1.807, 2.05) is 26.0 Å². The zero-order valence-corrected chi connectivity index (χ0v) is 13.5. The lowest BCUT2D eigenvalue weighted by molar-refractivity contribution is -0.136. The number of aryl methyl sites for hydroxylation is 1. The second-order valence-electron chi connectivity index (χ2n) is 4.61. The molecule has 108 valence electrons. The van der Waals surface area contributed by atoms with Gasteiger partial charge in [-0.25, -0.2) is 0 Å². The summed E-state index contributed by atoms with van der Waals surface area (Å²) < 4.78 is 11.1. The summed E-state index contributed by atoms with van der Waals surface area (Å²) in [5.41, 5.74) is 1.32. The first-order valence-corrected chi connectivity index (χ1v) is 9.27. The molecule has 0 saturated carbocycles. The van der Waals surface area contributed by atoms with Crippen LogP contribution < -0.4 is 0 Å². The molecule has 0 spiro atoms. The lowest BCUT2D eigenvalue weighted by Crippen LogP contribution is -2.17. The van der Waals surface area contributed by atoms with Crippen molar-refractivity contribution in [2.24, 2.45) is 0 Å². The highest BCUT2D eigenvalue weighted by Crippen LogP contribution is 2.12. The summed E-state index contributed by atoms with van der Waals surface area (Å²) in [6.07, 6.45) is 2.15. The molecule has 0 aliphatic heterocycles. The predicted octanol–water partition coefficient (Wildman–Crippen LogP) is 2.73. The molecule has 0 aromatic heterocycles. The fraction of sp³-hybridized carbons (Fsp3) is 0.600. The zero-order valence-electron chi connectivity index (χ0n) is 12.1. The van der Waals surface area contributed by atoms with Gasteiger partial charge in [-0.15, -0.1) is 0 Å². The van der Waals surface area contributed by atoms with Gasteiger partial charge in [-0.1, -0.05) is 24.2 Å².